The standard InChI is InChI=1S/C31H23FN4O4/c32-19-13-11-18(12-14-19)28-27-23(21-7-1-3-9-24(21)34-27)16-26-30(38)36(31(39)35(26)28)25-10-4-2-8-22(25)29(37)33-17-20-6-5-15-40-20/h1-15,26,28,34H,16-17H2,(H,33,37)/t26-,28?/m0/s1. The monoisotopic (exact) mass is 534 g/mol. The van der Waals surface area contributed by atoms with E-state index in [1.54, 1.807) is 53.4 Å². The van der Waals surface area contributed by atoms with Crippen molar-refractivity contribution in [3.63, 3.8) is 0 Å². The summed E-state index contributed by atoms with van der Waals surface area (Å²) >= 11 is 0. The highest BCUT2D eigenvalue weighted by molar-refractivity contribution is 6.24. The highest BCUT2D eigenvalue weighted by Crippen LogP contribution is 2.45. The lowest BCUT2D eigenvalue weighted by Gasteiger charge is -2.36. The summed E-state index contributed by atoms with van der Waals surface area (Å²) in [5.74, 6) is -0.678. The Morgan fingerprint density at radius 3 is 2.55 bits per heavy atom. The number of para-hydroxylation sites is 2. The molecule has 7 rings (SSSR count). The number of carbonyl (C=O) groups is 3. The van der Waals surface area contributed by atoms with E-state index in [0.29, 0.717) is 17.7 Å². The lowest BCUT2D eigenvalue weighted by Crippen LogP contribution is -2.44. The van der Waals surface area contributed by atoms with Crippen LogP contribution < -0.4 is 10.2 Å². The number of nitrogens with one attached hydrogen (secondary N) is 2. The number of imide groups is 1. The molecule has 0 aliphatic carbocycles. The van der Waals surface area contributed by atoms with E-state index >= 15 is 0 Å². The van der Waals surface area contributed by atoms with Gasteiger partial charge in [-0.3, -0.25) is 14.5 Å². The van der Waals surface area contributed by atoms with E-state index < -0.39 is 35.7 Å². The first-order valence-corrected chi connectivity index (χ1v) is 12.9. The zero-order chi connectivity index (χ0) is 27.4. The molecule has 2 atom stereocenters. The van der Waals surface area contributed by atoms with E-state index in [2.05, 4.69) is 10.3 Å². The molecule has 0 spiro atoms. The third-order valence-electron chi connectivity index (χ3n) is 7.63. The molecule has 2 N–H and O–H groups in total. The number of amides is 4. The fourth-order valence-corrected chi connectivity index (χ4v) is 5.82. The Hall–Kier alpha value is -5.18. The van der Waals surface area contributed by atoms with Gasteiger partial charge in [-0.25, -0.2) is 14.1 Å². The fourth-order valence-electron chi connectivity index (χ4n) is 5.82. The van der Waals surface area contributed by atoms with Crippen molar-refractivity contribution in [3.8, 4) is 0 Å². The Balaban J connectivity index is 1.30. The predicted molar refractivity (Wildman–Crippen MR) is 145 cm³/mol. The molecule has 1 unspecified atom stereocenters. The van der Waals surface area contributed by atoms with Crippen molar-refractivity contribution in [3.05, 3.63) is 125 Å². The summed E-state index contributed by atoms with van der Waals surface area (Å²) in [6.07, 6.45) is 1.83. The minimum atomic E-state index is -0.798. The van der Waals surface area contributed by atoms with E-state index in [-0.39, 0.29) is 17.8 Å². The van der Waals surface area contributed by atoms with Crippen LogP contribution in [-0.4, -0.2) is 33.8 Å². The molecule has 1 fully saturated rings. The molecule has 3 aromatic carbocycles. The number of hydrogen-bond acceptors (Lipinski definition) is 4. The van der Waals surface area contributed by atoms with E-state index in [1.807, 2.05) is 24.3 Å². The molecule has 40 heavy (non-hydrogen) atoms. The van der Waals surface area contributed by atoms with E-state index in [1.165, 1.54) is 18.4 Å². The molecule has 4 heterocycles. The van der Waals surface area contributed by atoms with Gasteiger partial charge in [0.2, 0.25) is 0 Å². The second kappa shape index (κ2) is 9.23. The lowest BCUT2D eigenvalue weighted by molar-refractivity contribution is -0.120. The molecule has 5 aromatic rings. The fraction of sp³-hybridized carbons (Fsp3) is 0.129. The van der Waals surface area contributed by atoms with Crippen LogP contribution >= 0.6 is 0 Å². The van der Waals surface area contributed by atoms with Crippen LogP contribution in [0.1, 0.15) is 39.0 Å². The number of H-pyrrole nitrogens is 1. The molecule has 2 aliphatic heterocycles. The molecule has 0 bridgehead atoms. The summed E-state index contributed by atoms with van der Waals surface area (Å²) in [5.41, 5.74) is 3.70. The lowest BCUT2D eigenvalue weighted by atomic mass is 9.89. The maximum Gasteiger partial charge on any atom is 0.332 e. The quantitative estimate of drug-likeness (QED) is 0.299. The van der Waals surface area contributed by atoms with Gasteiger partial charge in [0.25, 0.3) is 11.8 Å². The average Bonchev–Trinajstić information content (AvgIpc) is 3.69. The van der Waals surface area contributed by atoms with Crippen LogP contribution in [0.3, 0.4) is 0 Å². The zero-order valence-corrected chi connectivity index (χ0v) is 21.1. The van der Waals surface area contributed by atoms with Gasteiger partial charge in [-0.2, -0.15) is 0 Å². The Bertz CT molecular complexity index is 1780. The number of aromatic amines is 1. The summed E-state index contributed by atoms with van der Waals surface area (Å²) in [5, 5.41) is 3.76. The van der Waals surface area contributed by atoms with Crippen LogP contribution in [0.15, 0.2) is 95.6 Å². The summed E-state index contributed by atoms with van der Waals surface area (Å²) in [4.78, 5) is 47.4. The van der Waals surface area contributed by atoms with Crippen LogP contribution in [0, 0.1) is 5.82 Å². The number of carbonyl (C=O) groups excluding carboxylic acids is 3. The number of benzene rings is 3. The SMILES string of the molecule is O=C(NCc1ccco1)c1ccccc1N1C(=O)[C@@H]2Cc3c([nH]c4ccccc34)C(c3ccc(F)cc3)N2C1=O. The minimum Gasteiger partial charge on any atom is -0.467 e. The van der Waals surface area contributed by atoms with Crippen molar-refractivity contribution in [1.82, 2.24) is 15.2 Å². The topological polar surface area (TPSA) is 98.7 Å². The number of furan rings is 1. The molecule has 198 valence electrons. The summed E-state index contributed by atoms with van der Waals surface area (Å²) in [6, 6.07) is 21.8. The molecular weight excluding hydrogens is 511 g/mol. The van der Waals surface area contributed by atoms with Crippen LogP contribution in [0.25, 0.3) is 10.9 Å². The van der Waals surface area contributed by atoms with Gasteiger partial charge >= 0.3 is 6.03 Å². The number of hydrogen-bond donors (Lipinski definition) is 2. The second-order valence-corrected chi connectivity index (χ2v) is 9.88. The van der Waals surface area contributed by atoms with Gasteiger partial charge in [0, 0.05) is 23.0 Å². The maximum atomic E-state index is 14.1. The van der Waals surface area contributed by atoms with Gasteiger partial charge in [-0.05, 0) is 53.6 Å². The predicted octanol–water partition coefficient (Wildman–Crippen LogP) is 5.31. The molecule has 2 aliphatic rings. The second-order valence-electron chi connectivity index (χ2n) is 9.88. The van der Waals surface area contributed by atoms with Crippen LogP contribution in [-0.2, 0) is 17.8 Å². The Labute approximate surface area is 228 Å². The largest absolute Gasteiger partial charge is 0.467 e. The summed E-state index contributed by atoms with van der Waals surface area (Å²) < 4.78 is 19.2. The normalized spacial score (nSPS) is 18.2. The Morgan fingerprint density at radius 2 is 1.75 bits per heavy atom. The number of aromatic nitrogens is 1. The highest BCUT2D eigenvalue weighted by atomic mass is 19.1. The number of urea groups is 1. The van der Waals surface area contributed by atoms with Crippen LogP contribution in [0.5, 0.6) is 0 Å². The molecular formula is C31H23FN4O4. The number of nitrogens with zero attached hydrogens (tertiary/aromatic N) is 2. The smallest absolute Gasteiger partial charge is 0.332 e. The molecule has 4 amide bonds. The van der Waals surface area contributed by atoms with Gasteiger partial charge in [0.15, 0.2) is 0 Å². The first kappa shape index (κ1) is 23.9. The van der Waals surface area contributed by atoms with Gasteiger partial charge in [-0.15, -0.1) is 0 Å². The first-order valence-electron chi connectivity index (χ1n) is 12.9. The third-order valence-corrected chi connectivity index (χ3v) is 7.63. The van der Waals surface area contributed by atoms with E-state index in [0.717, 1.165) is 27.1 Å². The minimum absolute atomic E-state index is 0.158. The molecule has 0 radical (unpaired) electrons. The number of rotatable bonds is 5. The maximum absolute atomic E-state index is 14.1. The van der Waals surface area contributed by atoms with Crippen molar-refractivity contribution in [2.45, 2.75) is 25.0 Å². The van der Waals surface area contributed by atoms with E-state index in [9.17, 15) is 18.8 Å². The summed E-state index contributed by atoms with van der Waals surface area (Å²) in [6.45, 7) is 0.158. The molecule has 2 aromatic heterocycles. The van der Waals surface area contributed by atoms with Gasteiger partial charge in [0.05, 0.1) is 24.1 Å². The third kappa shape index (κ3) is 3.70. The van der Waals surface area contributed by atoms with Gasteiger partial charge in [0.1, 0.15) is 23.7 Å². The highest BCUT2D eigenvalue weighted by Gasteiger charge is 2.53. The number of halogens is 1. The van der Waals surface area contributed by atoms with Crippen molar-refractivity contribution < 1.29 is 23.2 Å². The number of anilines is 1. The average molecular weight is 535 g/mol. The van der Waals surface area contributed by atoms with Gasteiger partial charge < -0.3 is 14.7 Å². The number of fused-ring (bicyclic) bond motifs is 4. The Kier molecular flexibility index (Phi) is 5.52. The molecule has 0 saturated carbocycles. The van der Waals surface area contributed by atoms with E-state index in [4.69, 9.17) is 4.42 Å². The Morgan fingerprint density at radius 1 is 0.975 bits per heavy atom. The van der Waals surface area contributed by atoms with Crippen molar-refractivity contribution in [2.75, 3.05) is 4.90 Å². The van der Waals surface area contributed by atoms with Crippen molar-refractivity contribution >= 4 is 34.4 Å². The van der Waals surface area contributed by atoms with Crippen molar-refractivity contribution in [2.24, 2.45) is 0 Å². The van der Waals surface area contributed by atoms with Gasteiger partial charge in [-0.1, -0.05) is 42.5 Å². The molecule has 8 nitrogen and oxygen atoms in total. The molecule has 9 heteroatoms. The van der Waals surface area contributed by atoms with Crippen LogP contribution in [0.2, 0.25) is 0 Å². The zero-order valence-electron chi connectivity index (χ0n) is 21.1. The molecule has 1 saturated heterocycles. The van der Waals surface area contributed by atoms with Crippen LogP contribution in [0.4, 0.5) is 14.9 Å². The summed E-state index contributed by atoms with van der Waals surface area (Å²) in [7, 11) is 0. The first-order chi connectivity index (χ1) is 19.5. The van der Waals surface area contributed by atoms with Crippen molar-refractivity contribution in [1.29, 1.82) is 0 Å².